The van der Waals surface area contributed by atoms with Gasteiger partial charge in [-0.2, -0.15) is 0 Å². The standard InChI is InChI=1S/C17H14N2O4S/c1-2-22-16(20)14-13(12-9-6-10-18-15(12)24-14)19-17(21)23-11-7-4-3-5-8-11/h3-10H,2H2,1H3,(H,19,21). The van der Waals surface area contributed by atoms with Gasteiger partial charge in [0, 0.05) is 11.6 Å². The van der Waals surface area contributed by atoms with Crippen LogP contribution in [0.15, 0.2) is 48.7 Å². The number of benzene rings is 1. The first kappa shape index (κ1) is 15.9. The summed E-state index contributed by atoms with van der Waals surface area (Å²) in [5, 5.41) is 3.29. The molecule has 0 radical (unpaired) electrons. The molecule has 24 heavy (non-hydrogen) atoms. The predicted octanol–water partition coefficient (Wildman–Crippen LogP) is 4.08. The number of rotatable bonds is 4. The average molecular weight is 342 g/mol. The number of anilines is 1. The summed E-state index contributed by atoms with van der Waals surface area (Å²) in [6, 6.07) is 12.2. The van der Waals surface area contributed by atoms with E-state index in [1.54, 1.807) is 49.5 Å². The van der Waals surface area contributed by atoms with E-state index in [-0.39, 0.29) is 11.5 Å². The highest BCUT2D eigenvalue weighted by atomic mass is 32.1. The molecule has 0 saturated heterocycles. The highest BCUT2D eigenvalue weighted by Gasteiger charge is 2.22. The van der Waals surface area contributed by atoms with Gasteiger partial charge in [-0.1, -0.05) is 18.2 Å². The van der Waals surface area contributed by atoms with Crippen LogP contribution >= 0.6 is 11.3 Å². The van der Waals surface area contributed by atoms with Crippen LogP contribution in [-0.2, 0) is 4.74 Å². The van der Waals surface area contributed by atoms with Crippen LogP contribution in [0.1, 0.15) is 16.6 Å². The third kappa shape index (κ3) is 3.36. The summed E-state index contributed by atoms with van der Waals surface area (Å²) in [4.78, 5) is 29.4. The molecule has 2 aromatic heterocycles. The first-order chi connectivity index (χ1) is 11.7. The molecular weight excluding hydrogens is 328 g/mol. The number of esters is 1. The third-order valence-electron chi connectivity index (χ3n) is 3.11. The van der Waals surface area contributed by atoms with Crippen molar-refractivity contribution in [1.82, 2.24) is 4.98 Å². The second-order valence-corrected chi connectivity index (χ2v) is 5.71. The number of hydrogen-bond acceptors (Lipinski definition) is 6. The Morgan fingerprint density at radius 1 is 1.17 bits per heavy atom. The first-order valence-electron chi connectivity index (χ1n) is 7.27. The molecule has 0 atom stereocenters. The normalized spacial score (nSPS) is 10.4. The van der Waals surface area contributed by atoms with E-state index >= 15 is 0 Å². The fourth-order valence-electron chi connectivity index (χ4n) is 2.12. The zero-order chi connectivity index (χ0) is 16.9. The highest BCUT2D eigenvalue weighted by molar-refractivity contribution is 7.21. The number of para-hydroxylation sites is 1. The minimum Gasteiger partial charge on any atom is -0.462 e. The van der Waals surface area contributed by atoms with Crippen LogP contribution in [0.4, 0.5) is 10.5 Å². The van der Waals surface area contributed by atoms with Gasteiger partial charge < -0.3 is 9.47 Å². The van der Waals surface area contributed by atoms with Crippen LogP contribution in [0.2, 0.25) is 0 Å². The van der Waals surface area contributed by atoms with Gasteiger partial charge in [-0.3, -0.25) is 5.32 Å². The zero-order valence-electron chi connectivity index (χ0n) is 12.8. The van der Waals surface area contributed by atoms with E-state index in [9.17, 15) is 9.59 Å². The van der Waals surface area contributed by atoms with Gasteiger partial charge in [-0.15, -0.1) is 11.3 Å². The summed E-state index contributed by atoms with van der Waals surface area (Å²) in [7, 11) is 0. The van der Waals surface area contributed by atoms with Crippen molar-refractivity contribution in [3.8, 4) is 5.75 Å². The minimum absolute atomic E-state index is 0.244. The van der Waals surface area contributed by atoms with Crippen molar-refractivity contribution in [3.05, 3.63) is 53.5 Å². The van der Waals surface area contributed by atoms with Gasteiger partial charge in [0.2, 0.25) is 0 Å². The Labute approximate surface area is 142 Å². The molecule has 0 spiro atoms. The molecule has 0 aliphatic heterocycles. The number of hydrogen-bond donors (Lipinski definition) is 1. The van der Waals surface area contributed by atoms with Crippen molar-refractivity contribution in [1.29, 1.82) is 0 Å². The molecule has 0 saturated carbocycles. The second-order valence-electron chi connectivity index (χ2n) is 4.71. The molecule has 3 rings (SSSR count). The number of amides is 1. The average Bonchev–Trinajstić information content (AvgIpc) is 2.95. The summed E-state index contributed by atoms with van der Waals surface area (Å²) in [6.45, 7) is 1.97. The van der Waals surface area contributed by atoms with Gasteiger partial charge in [-0.25, -0.2) is 14.6 Å². The number of fused-ring (bicyclic) bond motifs is 1. The van der Waals surface area contributed by atoms with Crippen molar-refractivity contribution >= 4 is 39.3 Å². The number of carbonyl (C=O) groups is 2. The summed E-state index contributed by atoms with van der Waals surface area (Å²) in [5.74, 6) is -0.0964. The van der Waals surface area contributed by atoms with Gasteiger partial charge in [0.25, 0.3) is 0 Å². The molecule has 7 heteroatoms. The van der Waals surface area contributed by atoms with Crippen LogP contribution in [0.5, 0.6) is 5.75 Å². The van der Waals surface area contributed by atoms with Crippen LogP contribution in [0, 0.1) is 0 Å². The van der Waals surface area contributed by atoms with Gasteiger partial charge in [-0.05, 0) is 31.2 Å². The molecular formula is C17H14N2O4S. The summed E-state index contributed by atoms with van der Waals surface area (Å²) >= 11 is 1.16. The highest BCUT2D eigenvalue weighted by Crippen LogP contribution is 2.35. The lowest BCUT2D eigenvalue weighted by Gasteiger charge is -2.08. The molecule has 1 aromatic carbocycles. The molecule has 2 heterocycles. The fraction of sp³-hybridized carbons (Fsp3) is 0.118. The molecule has 1 amide bonds. The maximum Gasteiger partial charge on any atom is 0.417 e. The lowest BCUT2D eigenvalue weighted by atomic mass is 10.2. The van der Waals surface area contributed by atoms with Crippen LogP contribution < -0.4 is 10.1 Å². The number of nitrogens with one attached hydrogen (secondary N) is 1. The van der Waals surface area contributed by atoms with Gasteiger partial charge in [0.15, 0.2) is 0 Å². The summed E-state index contributed by atoms with van der Waals surface area (Å²) in [6.07, 6.45) is 0.940. The van der Waals surface area contributed by atoms with Crippen molar-refractivity contribution < 1.29 is 19.1 Å². The number of ether oxygens (including phenoxy) is 2. The SMILES string of the molecule is CCOC(=O)c1sc2ncccc2c1NC(=O)Oc1ccccc1. The van der Waals surface area contributed by atoms with Crippen molar-refractivity contribution in [2.24, 2.45) is 0 Å². The van der Waals surface area contributed by atoms with Crippen molar-refractivity contribution in [3.63, 3.8) is 0 Å². The van der Waals surface area contributed by atoms with Crippen LogP contribution in [0.25, 0.3) is 10.2 Å². The quantitative estimate of drug-likeness (QED) is 0.723. The smallest absolute Gasteiger partial charge is 0.417 e. The Balaban J connectivity index is 1.90. The largest absolute Gasteiger partial charge is 0.462 e. The number of thiophene rings is 1. The minimum atomic E-state index is -0.685. The van der Waals surface area contributed by atoms with Crippen molar-refractivity contribution in [2.45, 2.75) is 6.92 Å². The van der Waals surface area contributed by atoms with Gasteiger partial charge in [0.05, 0.1) is 12.3 Å². The third-order valence-corrected chi connectivity index (χ3v) is 4.20. The Morgan fingerprint density at radius 3 is 2.71 bits per heavy atom. The number of carbonyl (C=O) groups excluding carboxylic acids is 2. The topological polar surface area (TPSA) is 77.5 Å². The van der Waals surface area contributed by atoms with Gasteiger partial charge >= 0.3 is 12.1 Å². The van der Waals surface area contributed by atoms with Crippen LogP contribution in [-0.4, -0.2) is 23.7 Å². The second kappa shape index (κ2) is 7.10. The van der Waals surface area contributed by atoms with Crippen molar-refractivity contribution in [2.75, 3.05) is 11.9 Å². The Morgan fingerprint density at radius 2 is 1.96 bits per heavy atom. The van der Waals surface area contributed by atoms with E-state index in [1.807, 2.05) is 6.07 Å². The number of pyridine rings is 1. The summed E-state index contributed by atoms with van der Waals surface area (Å²) < 4.78 is 10.3. The zero-order valence-corrected chi connectivity index (χ0v) is 13.6. The van der Waals surface area contributed by atoms with E-state index in [0.29, 0.717) is 21.7 Å². The van der Waals surface area contributed by atoms with E-state index in [4.69, 9.17) is 9.47 Å². The maximum atomic E-state index is 12.2. The first-order valence-corrected chi connectivity index (χ1v) is 8.09. The molecule has 0 unspecified atom stereocenters. The maximum absolute atomic E-state index is 12.2. The fourth-order valence-corrected chi connectivity index (χ4v) is 3.11. The van der Waals surface area contributed by atoms with Crippen LogP contribution in [0.3, 0.4) is 0 Å². The Hall–Kier alpha value is -2.93. The lowest BCUT2D eigenvalue weighted by molar-refractivity contribution is 0.0533. The molecule has 0 aliphatic rings. The predicted molar refractivity (Wildman–Crippen MR) is 91.7 cm³/mol. The molecule has 6 nitrogen and oxygen atoms in total. The van der Waals surface area contributed by atoms with E-state index in [1.165, 1.54) is 0 Å². The monoisotopic (exact) mass is 342 g/mol. The molecule has 0 bridgehead atoms. The Bertz CT molecular complexity index is 877. The molecule has 0 aliphatic carbocycles. The lowest BCUT2D eigenvalue weighted by Crippen LogP contribution is -2.18. The molecule has 3 aromatic rings. The van der Waals surface area contributed by atoms with E-state index < -0.39 is 12.1 Å². The van der Waals surface area contributed by atoms with Gasteiger partial charge in [0.1, 0.15) is 15.5 Å². The Kier molecular flexibility index (Phi) is 4.72. The molecule has 0 fully saturated rings. The van der Waals surface area contributed by atoms with E-state index in [2.05, 4.69) is 10.3 Å². The summed E-state index contributed by atoms with van der Waals surface area (Å²) in [5.41, 5.74) is 0.350. The van der Waals surface area contributed by atoms with E-state index in [0.717, 1.165) is 11.3 Å². The number of nitrogens with zero attached hydrogens (tertiary/aromatic N) is 1. The molecule has 122 valence electrons. The molecule has 1 N–H and O–H groups in total. The number of aromatic nitrogens is 1.